The van der Waals surface area contributed by atoms with Crippen molar-refractivity contribution in [3.8, 4) is 11.6 Å². The van der Waals surface area contributed by atoms with E-state index in [2.05, 4.69) is 10.3 Å². The summed E-state index contributed by atoms with van der Waals surface area (Å²) in [5, 5.41) is 12.0. The lowest BCUT2D eigenvalue weighted by Gasteiger charge is -2.07. The lowest BCUT2D eigenvalue weighted by Crippen LogP contribution is -2.13. The molecule has 1 aromatic carbocycles. The lowest BCUT2D eigenvalue weighted by atomic mass is 10.2. The van der Waals surface area contributed by atoms with Crippen molar-refractivity contribution in [2.45, 2.75) is 13.1 Å². The zero-order chi connectivity index (χ0) is 14.5. The van der Waals surface area contributed by atoms with E-state index < -0.39 is 17.4 Å². The summed E-state index contributed by atoms with van der Waals surface area (Å²) < 4.78 is 31.3. The third kappa shape index (κ3) is 3.42. The van der Waals surface area contributed by atoms with Gasteiger partial charge in [-0.3, -0.25) is 0 Å². The van der Waals surface area contributed by atoms with E-state index in [9.17, 15) is 8.78 Å². The van der Waals surface area contributed by atoms with Crippen LogP contribution in [0.2, 0.25) is 0 Å². The van der Waals surface area contributed by atoms with Gasteiger partial charge in [-0.2, -0.15) is 0 Å². The molecule has 0 unspecified atom stereocenters. The van der Waals surface area contributed by atoms with Crippen LogP contribution in [0.1, 0.15) is 11.1 Å². The molecule has 2 rings (SSSR count). The molecule has 0 bridgehead atoms. The first-order chi connectivity index (χ1) is 9.60. The van der Waals surface area contributed by atoms with Crippen LogP contribution in [0.15, 0.2) is 30.5 Å². The van der Waals surface area contributed by atoms with E-state index in [0.717, 1.165) is 17.7 Å². The molecular weight excluding hydrogens is 266 g/mol. The van der Waals surface area contributed by atoms with Crippen LogP contribution in [0, 0.1) is 11.6 Å². The molecule has 0 spiro atoms. The van der Waals surface area contributed by atoms with Gasteiger partial charge in [-0.25, -0.2) is 13.8 Å². The van der Waals surface area contributed by atoms with Crippen molar-refractivity contribution in [3.05, 3.63) is 53.2 Å². The summed E-state index contributed by atoms with van der Waals surface area (Å²) in [4.78, 5) is 3.98. The smallest absolute Gasteiger partial charge is 0.213 e. The maximum atomic E-state index is 13.1. The van der Waals surface area contributed by atoms with Gasteiger partial charge in [0, 0.05) is 25.4 Å². The number of hydrogen-bond acceptors (Lipinski definition) is 4. The fourth-order valence-electron chi connectivity index (χ4n) is 1.74. The van der Waals surface area contributed by atoms with Crippen molar-refractivity contribution in [1.29, 1.82) is 0 Å². The minimum Gasteiger partial charge on any atom is -0.503 e. The zero-order valence-electron chi connectivity index (χ0n) is 10.9. The largest absolute Gasteiger partial charge is 0.503 e. The summed E-state index contributed by atoms with van der Waals surface area (Å²) in [6, 6.07) is 5.77. The first-order valence-electron chi connectivity index (χ1n) is 5.96. The topological polar surface area (TPSA) is 54.4 Å². The minimum atomic E-state index is -0.965. The predicted molar refractivity (Wildman–Crippen MR) is 69.4 cm³/mol. The number of hydrogen-bond donors (Lipinski definition) is 2. The van der Waals surface area contributed by atoms with Gasteiger partial charge in [0.15, 0.2) is 17.4 Å². The molecule has 6 heteroatoms. The Morgan fingerprint density at radius 2 is 1.80 bits per heavy atom. The van der Waals surface area contributed by atoms with Crippen molar-refractivity contribution in [2.75, 3.05) is 7.11 Å². The number of pyridine rings is 1. The molecule has 20 heavy (non-hydrogen) atoms. The van der Waals surface area contributed by atoms with Gasteiger partial charge in [0.1, 0.15) is 0 Å². The Labute approximate surface area is 115 Å². The molecule has 0 atom stereocenters. The van der Waals surface area contributed by atoms with Gasteiger partial charge in [0.25, 0.3) is 0 Å². The normalized spacial score (nSPS) is 10.6. The summed E-state index contributed by atoms with van der Waals surface area (Å²) >= 11 is 0. The quantitative estimate of drug-likeness (QED) is 0.883. The molecule has 0 amide bonds. The Kier molecular flexibility index (Phi) is 4.47. The lowest BCUT2D eigenvalue weighted by molar-refractivity contribution is 0.394. The second-order valence-electron chi connectivity index (χ2n) is 4.22. The number of rotatable bonds is 5. The molecule has 1 aromatic heterocycles. The highest BCUT2D eigenvalue weighted by molar-refractivity contribution is 5.30. The molecule has 0 saturated heterocycles. The number of aromatic nitrogens is 1. The van der Waals surface area contributed by atoms with E-state index >= 15 is 0 Å². The molecule has 0 fully saturated rings. The number of phenolic OH excluding ortho intramolecular Hbond substituents is 1. The summed E-state index contributed by atoms with van der Waals surface area (Å²) in [6.45, 7) is 0.780. The Morgan fingerprint density at radius 1 is 1.15 bits per heavy atom. The summed E-state index contributed by atoms with van der Waals surface area (Å²) in [5.41, 5.74) is 1.36. The molecule has 0 saturated carbocycles. The molecule has 2 aromatic rings. The fraction of sp³-hybridized carbons (Fsp3) is 0.214. The Balaban J connectivity index is 1.95. The highest BCUT2D eigenvalue weighted by Crippen LogP contribution is 2.21. The number of ether oxygens (including phenoxy) is 1. The molecule has 0 aliphatic carbocycles. The number of nitrogens with one attached hydrogen (secondary N) is 1. The Bertz CT molecular complexity index is 582. The maximum absolute atomic E-state index is 13.1. The van der Waals surface area contributed by atoms with E-state index in [1.165, 1.54) is 7.11 Å². The number of halogens is 2. The number of aromatic hydroxyl groups is 1. The minimum absolute atomic E-state index is 0.277. The SMILES string of the molecule is COc1cc(CNCc2cc(F)c(O)c(F)c2)ccn1. The van der Waals surface area contributed by atoms with Gasteiger partial charge >= 0.3 is 0 Å². The third-order valence-corrected chi connectivity index (χ3v) is 2.74. The average Bonchev–Trinajstić information content (AvgIpc) is 2.45. The van der Waals surface area contributed by atoms with Crippen LogP contribution in [-0.4, -0.2) is 17.2 Å². The second kappa shape index (κ2) is 6.29. The monoisotopic (exact) mass is 280 g/mol. The van der Waals surface area contributed by atoms with Gasteiger partial charge in [0.2, 0.25) is 5.88 Å². The summed E-state index contributed by atoms with van der Waals surface area (Å²) in [7, 11) is 1.53. The van der Waals surface area contributed by atoms with Gasteiger partial charge in [-0.1, -0.05) is 0 Å². The molecule has 4 nitrogen and oxygen atoms in total. The first kappa shape index (κ1) is 14.2. The average molecular weight is 280 g/mol. The number of benzene rings is 1. The van der Waals surface area contributed by atoms with Crippen LogP contribution in [0.25, 0.3) is 0 Å². The van der Waals surface area contributed by atoms with E-state index in [0.29, 0.717) is 18.0 Å². The standard InChI is InChI=1S/C14H14F2N2O2/c1-20-13-6-9(2-3-18-13)7-17-8-10-4-11(15)14(19)12(16)5-10/h2-6,17,19H,7-8H2,1H3. The second-order valence-corrected chi connectivity index (χ2v) is 4.22. The number of methoxy groups -OCH3 is 1. The number of nitrogens with zero attached hydrogens (tertiary/aromatic N) is 1. The van der Waals surface area contributed by atoms with E-state index in [4.69, 9.17) is 9.84 Å². The van der Waals surface area contributed by atoms with Crippen molar-refractivity contribution < 1.29 is 18.6 Å². The zero-order valence-corrected chi connectivity index (χ0v) is 10.9. The van der Waals surface area contributed by atoms with Gasteiger partial charge in [-0.15, -0.1) is 0 Å². The molecule has 106 valence electrons. The molecular formula is C14H14F2N2O2. The summed E-state index contributed by atoms with van der Waals surface area (Å²) in [5.74, 6) is -2.38. The summed E-state index contributed by atoms with van der Waals surface area (Å²) in [6.07, 6.45) is 1.62. The molecule has 0 aliphatic rings. The Morgan fingerprint density at radius 3 is 2.45 bits per heavy atom. The van der Waals surface area contributed by atoms with Gasteiger partial charge < -0.3 is 15.2 Å². The van der Waals surface area contributed by atoms with E-state index in [1.54, 1.807) is 12.3 Å². The van der Waals surface area contributed by atoms with Crippen LogP contribution < -0.4 is 10.1 Å². The third-order valence-electron chi connectivity index (χ3n) is 2.74. The van der Waals surface area contributed by atoms with Crippen LogP contribution in [-0.2, 0) is 13.1 Å². The van der Waals surface area contributed by atoms with Gasteiger partial charge in [0.05, 0.1) is 7.11 Å². The highest BCUT2D eigenvalue weighted by atomic mass is 19.1. The van der Waals surface area contributed by atoms with E-state index in [1.807, 2.05) is 6.07 Å². The van der Waals surface area contributed by atoms with Crippen molar-refractivity contribution >= 4 is 0 Å². The Hall–Kier alpha value is -2.21. The van der Waals surface area contributed by atoms with Crippen LogP contribution in [0.3, 0.4) is 0 Å². The molecule has 2 N–H and O–H groups in total. The van der Waals surface area contributed by atoms with Crippen LogP contribution >= 0.6 is 0 Å². The van der Waals surface area contributed by atoms with Gasteiger partial charge in [-0.05, 0) is 29.3 Å². The van der Waals surface area contributed by atoms with Crippen LogP contribution in [0.5, 0.6) is 11.6 Å². The number of phenols is 1. The van der Waals surface area contributed by atoms with Crippen LogP contribution in [0.4, 0.5) is 8.78 Å². The van der Waals surface area contributed by atoms with E-state index in [-0.39, 0.29) is 6.54 Å². The molecule has 0 radical (unpaired) electrons. The predicted octanol–water partition coefficient (Wildman–Crippen LogP) is 2.36. The fourth-order valence-corrected chi connectivity index (χ4v) is 1.74. The first-order valence-corrected chi connectivity index (χ1v) is 5.96. The van der Waals surface area contributed by atoms with Crippen molar-refractivity contribution in [1.82, 2.24) is 10.3 Å². The molecule has 0 aliphatic heterocycles. The maximum Gasteiger partial charge on any atom is 0.213 e. The van der Waals surface area contributed by atoms with Crippen molar-refractivity contribution in [3.63, 3.8) is 0 Å². The molecule has 1 heterocycles. The highest BCUT2D eigenvalue weighted by Gasteiger charge is 2.09. The van der Waals surface area contributed by atoms with Crippen molar-refractivity contribution in [2.24, 2.45) is 0 Å².